The van der Waals surface area contributed by atoms with Gasteiger partial charge in [-0.15, -0.1) is 0 Å². The Morgan fingerprint density at radius 2 is 2.26 bits per heavy atom. The molecular formula is C20H27NO2. The number of methoxy groups -OCH3 is 1. The van der Waals surface area contributed by atoms with Crippen molar-refractivity contribution in [2.24, 2.45) is 5.92 Å². The summed E-state index contributed by atoms with van der Waals surface area (Å²) in [5, 5.41) is 3.55. The first-order chi connectivity index (χ1) is 11.3. The summed E-state index contributed by atoms with van der Waals surface area (Å²) in [6.07, 6.45) is 6.45. The average Bonchev–Trinajstić information content (AvgIpc) is 3.10. The van der Waals surface area contributed by atoms with Crippen LogP contribution in [0.3, 0.4) is 0 Å². The summed E-state index contributed by atoms with van der Waals surface area (Å²) in [7, 11) is 1.74. The lowest BCUT2D eigenvalue weighted by molar-refractivity contribution is 0.336. The molecule has 0 saturated carbocycles. The minimum atomic E-state index is 0.563. The Kier molecular flexibility index (Phi) is 5.39. The first kappa shape index (κ1) is 16.1. The van der Waals surface area contributed by atoms with Gasteiger partial charge in [0, 0.05) is 6.42 Å². The van der Waals surface area contributed by atoms with Gasteiger partial charge in [0.25, 0.3) is 0 Å². The molecule has 3 nitrogen and oxygen atoms in total. The van der Waals surface area contributed by atoms with Gasteiger partial charge in [0.1, 0.15) is 11.5 Å². The summed E-state index contributed by atoms with van der Waals surface area (Å²) in [6, 6.07) is 10.7. The third-order valence-electron chi connectivity index (χ3n) is 4.98. The SMILES string of the molecule is CCNCC(Cc1ccco1)C1CCCc2cc(OC)ccc21. The maximum Gasteiger partial charge on any atom is 0.119 e. The van der Waals surface area contributed by atoms with Gasteiger partial charge in [0.2, 0.25) is 0 Å². The molecule has 1 heterocycles. The van der Waals surface area contributed by atoms with E-state index in [2.05, 4.69) is 36.5 Å². The number of hydrogen-bond donors (Lipinski definition) is 1. The molecule has 2 atom stereocenters. The topological polar surface area (TPSA) is 34.4 Å². The van der Waals surface area contributed by atoms with Crippen LogP contribution in [-0.4, -0.2) is 20.2 Å². The standard InChI is InChI=1S/C20H27NO2/c1-3-21-14-16(13-18-7-5-11-23-18)19-8-4-6-15-12-17(22-2)9-10-20(15)19/h5,7,9-12,16,19,21H,3-4,6,8,13-14H2,1-2H3. The fourth-order valence-corrected chi connectivity index (χ4v) is 3.82. The number of nitrogens with one attached hydrogen (secondary N) is 1. The molecule has 2 unspecified atom stereocenters. The molecular weight excluding hydrogens is 286 g/mol. The Morgan fingerprint density at radius 3 is 3.00 bits per heavy atom. The minimum absolute atomic E-state index is 0.563. The predicted octanol–water partition coefficient (Wildman–Crippen LogP) is 4.18. The van der Waals surface area contributed by atoms with Gasteiger partial charge in [-0.2, -0.15) is 0 Å². The molecule has 0 spiro atoms. The number of furan rings is 1. The van der Waals surface area contributed by atoms with Crippen LogP contribution in [0, 0.1) is 5.92 Å². The first-order valence-electron chi connectivity index (χ1n) is 8.71. The van der Waals surface area contributed by atoms with Crippen LogP contribution < -0.4 is 10.1 Å². The molecule has 0 bridgehead atoms. The molecule has 0 amide bonds. The van der Waals surface area contributed by atoms with Crippen molar-refractivity contribution in [3.05, 3.63) is 53.5 Å². The Labute approximate surface area is 139 Å². The van der Waals surface area contributed by atoms with Gasteiger partial charge in [0.15, 0.2) is 0 Å². The molecule has 0 saturated heterocycles. The second kappa shape index (κ2) is 7.69. The highest BCUT2D eigenvalue weighted by atomic mass is 16.5. The molecule has 2 aromatic rings. The van der Waals surface area contributed by atoms with Crippen LogP contribution >= 0.6 is 0 Å². The van der Waals surface area contributed by atoms with Crippen LogP contribution in [-0.2, 0) is 12.8 Å². The third-order valence-corrected chi connectivity index (χ3v) is 4.98. The van der Waals surface area contributed by atoms with Crippen molar-refractivity contribution in [2.75, 3.05) is 20.2 Å². The zero-order valence-corrected chi connectivity index (χ0v) is 14.2. The molecule has 1 aromatic heterocycles. The largest absolute Gasteiger partial charge is 0.497 e. The molecule has 1 aromatic carbocycles. The van der Waals surface area contributed by atoms with Crippen molar-refractivity contribution in [3.8, 4) is 5.75 Å². The molecule has 1 N–H and O–H groups in total. The molecule has 124 valence electrons. The fraction of sp³-hybridized carbons (Fsp3) is 0.500. The van der Waals surface area contributed by atoms with Crippen LogP contribution in [0.25, 0.3) is 0 Å². The number of rotatable bonds is 7. The van der Waals surface area contributed by atoms with E-state index in [-0.39, 0.29) is 0 Å². The van der Waals surface area contributed by atoms with E-state index in [1.165, 1.54) is 24.0 Å². The van der Waals surface area contributed by atoms with E-state index in [9.17, 15) is 0 Å². The zero-order valence-electron chi connectivity index (χ0n) is 14.2. The van der Waals surface area contributed by atoms with E-state index in [0.717, 1.165) is 37.4 Å². The second-order valence-corrected chi connectivity index (χ2v) is 6.41. The van der Waals surface area contributed by atoms with Crippen molar-refractivity contribution < 1.29 is 9.15 Å². The van der Waals surface area contributed by atoms with Crippen molar-refractivity contribution >= 4 is 0 Å². The van der Waals surface area contributed by atoms with Crippen molar-refractivity contribution in [1.29, 1.82) is 0 Å². The quantitative estimate of drug-likeness (QED) is 0.833. The van der Waals surface area contributed by atoms with Gasteiger partial charge < -0.3 is 14.5 Å². The minimum Gasteiger partial charge on any atom is -0.497 e. The van der Waals surface area contributed by atoms with Gasteiger partial charge in [0.05, 0.1) is 13.4 Å². The molecule has 0 radical (unpaired) electrons. The highest BCUT2D eigenvalue weighted by Gasteiger charge is 2.28. The number of fused-ring (bicyclic) bond motifs is 1. The number of hydrogen-bond acceptors (Lipinski definition) is 3. The number of benzene rings is 1. The molecule has 1 aliphatic carbocycles. The lowest BCUT2D eigenvalue weighted by atomic mass is 9.74. The molecule has 0 aliphatic heterocycles. The number of ether oxygens (including phenoxy) is 1. The Hall–Kier alpha value is -1.74. The summed E-state index contributed by atoms with van der Waals surface area (Å²) < 4.78 is 11.0. The first-order valence-corrected chi connectivity index (χ1v) is 8.71. The van der Waals surface area contributed by atoms with E-state index >= 15 is 0 Å². The van der Waals surface area contributed by atoms with E-state index in [0.29, 0.717) is 11.8 Å². The highest BCUT2D eigenvalue weighted by Crippen LogP contribution is 2.39. The van der Waals surface area contributed by atoms with Gasteiger partial charge >= 0.3 is 0 Å². The van der Waals surface area contributed by atoms with Crippen molar-refractivity contribution in [1.82, 2.24) is 5.32 Å². The second-order valence-electron chi connectivity index (χ2n) is 6.41. The Bertz CT molecular complexity index is 606. The van der Waals surface area contributed by atoms with Crippen molar-refractivity contribution in [2.45, 2.75) is 38.5 Å². The number of aryl methyl sites for hydroxylation is 1. The van der Waals surface area contributed by atoms with E-state index in [1.807, 2.05) is 6.07 Å². The van der Waals surface area contributed by atoms with Crippen LogP contribution in [0.4, 0.5) is 0 Å². The summed E-state index contributed by atoms with van der Waals surface area (Å²) in [4.78, 5) is 0. The van der Waals surface area contributed by atoms with Crippen molar-refractivity contribution in [3.63, 3.8) is 0 Å². The molecule has 23 heavy (non-hydrogen) atoms. The van der Waals surface area contributed by atoms with Gasteiger partial charge in [-0.3, -0.25) is 0 Å². The summed E-state index contributed by atoms with van der Waals surface area (Å²) in [6.45, 7) is 4.22. The molecule has 3 heteroatoms. The average molecular weight is 313 g/mol. The van der Waals surface area contributed by atoms with Crippen LogP contribution in [0.2, 0.25) is 0 Å². The van der Waals surface area contributed by atoms with Crippen LogP contribution in [0.15, 0.2) is 41.0 Å². The van der Waals surface area contributed by atoms with Crippen LogP contribution in [0.1, 0.15) is 42.6 Å². The lowest BCUT2D eigenvalue weighted by Crippen LogP contribution is -2.30. The fourth-order valence-electron chi connectivity index (χ4n) is 3.82. The molecule has 1 aliphatic rings. The highest BCUT2D eigenvalue weighted by molar-refractivity contribution is 5.39. The monoisotopic (exact) mass is 313 g/mol. The maximum atomic E-state index is 5.61. The van der Waals surface area contributed by atoms with Crippen LogP contribution in [0.5, 0.6) is 5.75 Å². The van der Waals surface area contributed by atoms with E-state index in [1.54, 1.807) is 13.4 Å². The molecule has 0 fully saturated rings. The smallest absolute Gasteiger partial charge is 0.119 e. The summed E-state index contributed by atoms with van der Waals surface area (Å²) in [5.41, 5.74) is 2.97. The van der Waals surface area contributed by atoms with Gasteiger partial charge in [-0.05, 0) is 79.6 Å². The van der Waals surface area contributed by atoms with Gasteiger partial charge in [-0.25, -0.2) is 0 Å². The van der Waals surface area contributed by atoms with E-state index in [4.69, 9.17) is 9.15 Å². The summed E-state index contributed by atoms with van der Waals surface area (Å²) >= 11 is 0. The summed E-state index contributed by atoms with van der Waals surface area (Å²) in [5.74, 6) is 3.22. The Morgan fingerprint density at radius 1 is 1.35 bits per heavy atom. The van der Waals surface area contributed by atoms with E-state index < -0.39 is 0 Å². The predicted molar refractivity (Wildman–Crippen MR) is 93.1 cm³/mol. The maximum absolute atomic E-state index is 5.61. The third kappa shape index (κ3) is 3.78. The lowest BCUT2D eigenvalue weighted by Gasteiger charge is -2.32. The Balaban J connectivity index is 1.84. The zero-order chi connectivity index (χ0) is 16.1. The van der Waals surface area contributed by atoms with Gasteiger partial charge in [-0.1, -0.05) is 13.0 Å². The normalized spacial score (nSPS) is 18.4. The molecule has 3 rings (SSSR count).